The number of pyridine rings is 1. The number of benzene rings is 1. The lowest BCUT2D eigenvalue weighted by Gasteiger charge is -2.06. The van der Waals surface area contributed by atoms with Crippen molar-refractivity contribution in [3.8, 4) is 0 Å². The van der Waals surface area contributed by atoms with E-state index in [1.807, 2.05) is 32.0 Å². The highest BCUT2D eigenvalue weighted by Crippen LogP contribution is 2.17. The minimum absolute atomic E-state index is 0.169. The molecular formula is C12H12INO. The smallest absolute Gasteiger partial charge is 0.192 e. The van der Waals surface area contributed by atoms with Gasteiger partial charge in [0.2, 0.25) is 0 Å². The number of fused-ring (bicyclic) bond motifs is 1. The molecule has 0 atom stereocenters. The molecule has 3 heteroatoms. The van der Waals surface area contributed by atoms with Gasteiger partial charge in [0, 0.05) is 20.2 Å². The van der Waals surface area contributed by atoms with Gasteiger partial charge >= 0.3 is 0 Å². The van der Waals surface area contributed by atoms with E-state index in [1.54, 1.807) is 0 Å². The van der Waals surface area contributed by atoms with Gasteiger partial charge in [-0.1, -0.05) is 13.0 Å². The summed E-state index contributed by atoms with van der Waals surface area (Å²) in [4.78, 5) is 15.4. The maximum atomic E-state index is 12.1. The highest BCUT2D eigenvalue weighted by Gasteiger charge is 2.08. The van der Waals surface area contributed by atoms with Crippen molar-refractivity contribution in [1.82, 2.24) is 4.98 Å². The summed E-state index contributed by atoms with van der Waals surface area (Å²) in [5, 5.41) is 0.796. The van der Waals surface area contributed by atoms with Gasteiger partial charge < -0.3 is 4.98 Å². The fourth-order valence-electron chi connectivity index (χ4n) is 1.86. The second-order valence-electron chi connectivity index (χ2n) is 3.57. The van der Waals surface area contributed by atoms with Crippen LogP contribution in [0.25, 0.3) is 10.9 Å². The molecule has 2 rings (SSSR count). The van der Waals surface area contributed by atoms with Gasteiger partial charge in [0.15, 0.2) is 5.43 Å². The van der Waals surface area contributed by atoms with Crippen LogP contribution in [-0.2, 0) is 6.42 Å². The number of H-pyrrole nitrogens is 1. The quantitative estimate of drug-likeness (QED) is 0.807. The van der Waals surface area contributed by atoms with Crippen LogP contribution in [0.1, 0.15) is 18.2 Å². The third-order valence-corrected chi connectivity index (χ3v) is 3.55. The van der Waals surface area contributed by atoms with Gasteiger partial charge in [-0.15, -0.1) is 0 Å². The van der Waals surface area contributed by atoms with Crippen LogP contribution in [0.15, 0.2) is 23.0 Å². The predicted molar refractivity (Wildman–Crippen MR) is 71.4 cm³/mol. The zero-order valence-corrected chi connectivity index (χ0v) is 10.9. The topological polar surface area (TPSA) is 32.9 Å². The molecule has 78 valence electrons. The van der Waals surface area contributed by atoms with Gasteiger partial charge in [0.25, 0.3) is 0 Å². The minimum Gasteiger partial charge on any atom is -0.357 e. The lowest BCUT2D eigenvalue weighted by Crippen LogP contribution is -2.12. The standard InChI is InChI=1S/C12H12INO/c1-3-8-7(2)14-11-9(12(8)15)5-4-6-10(11)13/h4-6H,3H2,1-2H3,(H,14,15). The average molecular weight is 313 g/mol. The number of nitrogens with one attached hydrogen (secondary N) is 1. The van der Waals surface area contributed by atoms with E-state index in [2.05, 4.69) is 27.6 Å². The largest absolute Gasteiger partial charge is 0.357 e. The van der Waals surface area contributed by atoms with E-state index in [1.165, 1.54) is 0 Å². The Bertz CT molecular complexity index is 572. The Morgan fingerprint density at radius 1 is 1.40 bits per heavy atom. The van der Waals surface area contributed by atoms with Crippen molar-refractivity contribution in [2.24, 2.45) is 0 Å². The highest BCUT2D eigenvalue weighted by molar-refractivity contribution is 14.1. The zero-order valence-electron chi connectivity index (χ0n) is 8.73. The van der Waals surface area contributed by atoms with E-state index in [9.17, 15) is 4.79 Å². The molecule has 0 saturated heterocycles. The van der Waals surface area contributed by atoms with Crippen molar-refractivity contribution in [3.63, 3.8) is 0 Å². The third kappa shape index (κ3) is 1.69. The number of hydrogen-bond acceptors (Lipinski definition) is 1. The maximum Gasteiger partial charge on any atom is 0.192 e. The Kier molecular flexibility index (Phi) is 2.82. The molecule has 1 N–H and O–H groups in total. The number of aromatic amines is 1. The normalized spacial score (nSPS) is 10.9. The Balaban J connectivity index is 2.98. The van der Waals surface area contributed by atoms with Crippen LogP contribution in [0.4, 0.5) is 0 Å². The van der Waals surface area contributed by atoms with E-state index in [-0.39, 0.29) is 5.43 Å². The lowest BCUT2D eigenvalue weighted by molar-refractivity contribution is 1.05. The lowest BCUT2D eigenvalue weighted by atomic mass is 10.1. The van der Waals surface area contributed by atoms with Gasteiger partial charge in [-0.25, -0.2) is 0 Å². The molecule has 1 aromatic carbocycles. The van der Waals surface area contributed by atoms with Crippen LogP contribution in [0, 0.1) is 10.5 Å². The Labute approximate surface area is 102 Å². The summed E-state index contributed by atoms with van der Waals surface area (Å²) >= 11 is 2.25. The number of halogens is 1. The molecule has 15 heavy (non-hydrogen) atoms. The van der Waals surface area contributed by atoms with Crippen molar-refractivity contribution < 1.29 is 0 Å². The van der Waals surface area contributed by atoms with E-state index >= 15 is 0 Å². The summed E-state index contributed by atoms with van der Waals surface area (Å²) in [7, 11) is 0. The highest BCUT2D eigenvalue weighted by atomic mass is 127. The first-order valence-electron chi connectivity index (χ1n) is 4.95. The summed E-state index contributed by atoms with van der Waals surface area (Å²) in [5.74, 6) is 0. The SMILES string of the molecule is CCc1c(C)[nH]c2c(I)cccc2c1=O. The molecule has 0 aliphatic rings. The molecule has 2 nitrogen and oxygen atoms in total. The summed E-state index contributed by atoms with van der Waals surface area (Å²) in [5.41, 5.74) is 3.00. The Hall–Kier alpha value is -0.840. The van der Waals surface area contributed by atoms with Crippen molar-refractivity contribution >= 4 is 33.5 Å². The van der Waals surface area contributed by atoms with Crippen LogP contribution < -0.4 is 5.43 Å². The fraction of sp³-hybridized carbons (Fsp3) is 0.250. The van der Waals surface area contributed by atoms with Crippen LogP contribution in [0.2, 0.25) is 0 Å². The first-order chi connectivity index (χ1) is 7.15. The summed E-state index contributed by atoms with van der Waals surface area (Å²) in [6, 6.07) is 5.81. The number of para-hydroxylation sites is 1. The second-order valence-corrected chi connectivity index (χ2v) is 4.74. The van der Waals surface area contributed by atoms with Gasteiger partial charge in [-0.05, 0) is 48.1 Å². The van der Waals surface area contributed by atoms with E-state index in [4.69, 9.17) is 0 Å². The van der Waals surface area contributed by atoms with Gasteiger partial charge in [-0.2, -0.15) is 0 Å². The molecule has 1 aromatic heterocycles. The van der Waals surface area contributed by atoms with E-state index < -0.39 is 0 Å². The number of hydrogen-bond donors (Lipinski definition) is 1. The van der Waals surface area contributed by atoms with E-state index in [0.29, 0.717) is 0 Å². The third-order valence-electron chi connectivity index (χ3n) is 2.65. The van der Waals surface area contributed by atoms with Crippen LogP contribution in [-0.4, -0.2) is 4.98 Å². The van der Waals surface area contributed by atoms with Gasteiger partial charge in [0.05, 0.1) is 5.52 Å². The molecule has 0 radical (unpaired) electrons. The fourth-order valence-corrected chi connectivity index (χ4v) is 2.49. The molecule has 0 aliphatic carbocycles. The molecule has 0 spiro atoms. The van der Waals surface area contributed by atoms with Crippen molar-refractivity contribution in [2.75, 3.05) is 0 Å². The Morgan fingerprint density at radius 2 is 2.13 bits per heavy atom. The average Bonchev–Trinajstić information content (AvgIpc) is 2.20. The second kappa shape index (κ2) is 3.96. The molecule has 0 saturated carbocycles. The molecule has 0 amide bonds. The molecule has 0 aliphatic heterocycles. The summed E-state index contributed by atoms with van der Waals surface area (Å²) in [6.45, 7) is 3.97. The molecule has 1 heterocycles. The molecule has 0 bridgehead atoms. The summed E-state index contributed by atoms with van der Waals surface area (Å²) in [6.07, 6.45) is 0.780. The number of rotatable bonds is 1. The minimum atomic E-state index is 0.169. The Morgan fingerprint density at radius 3 is 2.80 bits per heavy atom. The molecule has 2 aromatic rings. The number of aryl methyl sites for hydroxylation is 1. The molecule has 0 unspecified atom stereocenters. The van der Waals surface area contributed by atoms with Crippen molar-refractivity contribution in [1.29, 1.82) is 0 Å². The van der Waals surface area contributed by atoms with Crippen molar-refractivity contribution in [2.45, 2.75) is 20.3 Å². The zero-order chi connectivity index (χ0) is 11.0. The molecule has 0 fully saturated rings. The first-order valence-corrected chi connectivity index (χ1v) is 6.03. The van der Waals surface area contributed by atoms with Crippen LogP contribution >= 0.6 is 22.6 Å². The van der Waals surface area contributed by atoms with Crippen LogP contribution in [0.5, 0.6) is 0 Å². The monoisotopic (exact) mass is 313 g/mol. The predicted octanol–water partition coefficient (Wildman–Crippen LogP) is 3.00. The van der Waals surface area contributed by atoms with Gasteiger partial charge in [-0.3, -0.25) is 4.79 Å². The number of aromatic nitrogens is 1. The molecular weight excluding hydrogens is 301 g/mol. The van der Waals surface area contributed by atoms with E-state index in [0.717, 1.165) is 32.2 Å². The first kappa shape index (κ1) is 10.7. The summed E-state index contributed by atoms with van der Waals surface area (Å²) < 4.78 is 1.09. The van der Waals surface area contributed by atoms with Gasteiger partial charge in [0.1, 0.15) is 0 Å². The van der Waals surface area contributed by atoms with Crippen molar-refractivity contribution in [3.05, 3.63) is 43.2 Å². The van der Waals surface area contributed by atoms with Crippen LogP contribution in [0.3, 0.4) is 0 Å². The maximum absolute atomic E-state index is 12.1.